The highest BCUT2D eigenvalue weighted by molar-refractivity contribution is 5.72. The minimum absolute atomic E-state index is 0.0215. The summed E-state index contributed by atoms with van der Waals surface area (Å²) in [5.74, 6) is -0.633. The average molecular weight is 208 g/mol. The number of carbonyl (C=O) groups is 1. The van der Waals surface area contributed by atoms with E-state index in [1.165, 1.54) is 0 Å². The zero-order valence-corrected chi connectivity index (χ0v) is 9.28. The molecule has 0 atom stereocenters. The van der Waals surface area contributed by atoms with Crippen LogP contribution in [0.4, 0.5) is 0 Å². The zero-order chi connectivity index (χ0) is 11.5. The highest BCUT2D eigenvalue weighted by Crippen LogP contribution is 2.25. The van der Waals surface area contributed by atoms with Crippen molar-refractivity contribution in [1.82, 2.24) is 0 Å². The van der Waals surface area contributed by atoms with Crippen LogP contribution in [0, 0.1) is 0 Å². The van der Waals surface area contributed by atoms with Crippen molar-refractivity contribution in [3.63, 3.8) is 0 Å². The first kappa shape index (κ1) is 11.7. The van der Waals surface area contributed by atoms with E-state index in [-0.39, 0.29) is 11.8 Å². The Morgan fingerprint density at radius 1 is 1.33 bits per heavy atom. The van der Waals surface area contributed by atoms with Gasteiger partial charge in [-0.1, -0.05) is 45.0 Å². The van der Waals surface area contributed by atoms with Gasteiger partial charge in [-0.3, -0.25) is 0 Å². The van der Waals surface area contributed by atoms with Gasteiger partial charge in [-0.15, -0.1) is 0 Å². The van der Waals surface area contributed by atoms with Gasteiger partial charge in [0.05, 0.1) is 6.42 Å². The summed E-state index contributed by atoms with van der Waals surface area (Å²) in [5.41, 5.74) is 1.96. The van der Waals surface area contributed by atoms with Gasteiger partial charge in [0.1, 0.15) is 0 Å². The molecule has 1 aromatic carbocycles. The lowest BCUT2D eigenvalue weighted by Gasteiger charge is -2.22. The molecule has 0 fully saturated rings. The fourth-order valence-electron chi connectivity index (χ4n) is 1.59. The standard InChI is InChI=1S/C12H16O3/c1-12(2,3)10-7-5-4-6-9(10)8-11(13)15-14/h4-7,14H,8H2,1-3H3. The Labute approximate surface area is 89.6 Å². The highest BCUT2D eigenvalue weighted by atomic mass is 17.1. The molecule has 0 spiro atoms. The number of rotatable bonds is 2. The molecule has 0 unspecified atom stereocenters. The maximum Gasteiger partial charge on any atom is 0.346 e. The van der Waals surface area contributed by atoms with Crippen molar-refractivity contribution < 1.29 is 14.9 Å². The molecule has 0 radical (unpaired) electrons. The molecule has 0 bridgehead atoms. The molecule has 0 saturated carbocycles. The number of carbonyl (C=O) groups excluding carboxylic acids is 1. The SMILES string of the molecule is CC(C)(C)c1ccccc1CC(=O)OO. The zero-order valence-electron chi connectivity index (χ0n) is 9.28. The Balaban J connectivity index is 3.02. The molecular weight excluding hydrogens is 192 g/mol. The molecule has 0 aromatic heterocycles. The van der Waals surface area contributed by atoms with Crippen molar-refractivity contribution >= 4 is 5.97 Å². The molecule has 0 aliphatic carbocycles. The molecule has 3 heteroatoms. The van der Waals surface area contributed by atoms with Gasteiger partial charge in [0.25, 0.3) is 0 Å². The molecule has 1 N–H and O–H groups in total. The van der Waals surface area contributed by atoms with Crippen molar-refractivity contribution in [3.05, 3.63) is 35.4 Å². The summed E-state index contributed by atoms with van der Waals surface area (Å²) in [7, 11) is 0. The van der Waals surface area contributed by atoms with Gasteiger partial charge >= 0.3 is 5.97 Å². The lowest BCUT2D eigenvalue weighted by atomic mass is 9.83. The van der Waals surface area contributed by atoms with Crippen molar-refractivity contribution in [3.8, 4) is 0 Å². The van der Waals surface area contributed by atoms with Crippen LogP contribution in [0.2, 0.25) is 0 Å². The largest absolute Gasteiger partial charge is 0.346 e. The quantitative estimate of drug-likeness (QED) is 0.600. The highest BCUT2D eigenvalue weighted by Gasteiger charge is 2.18. The predicted octanol–water partition coefficient (Wildman–Crippen LogP) is 2.54. The molecule has 15 heavy (non-hydrogen) atoms. The summed E-state index contributed by atoms with van der Waals surface area (Å²) in [6, 6.07) is 7.67. The first-order valence-corrected chi connectivity index (χ1v) is 4.88. The molecule has 0 saturated heterocycles. The van der Waals surface area contributed by atoms with Gasteiger partial charge in [-0.2, -0.15) is 5.26 Å². The molecule has 1 rings (SSSR count). The van der Waals surface area contributed by atoms with Gasteiger partial charge < -0.3 is 4.89 Å². The van der Waals surface area contributed by atoms with E-state index in [4.69, 9.17) is 5.26 Å². The third kappa shape index (κ3) is 3.06. The first-order chi connectivity index (χ1) is 6.95. The summed E-state index contributed by atoms with van der Waals surface area (Å²) >= 11 is 0. The van der Waals surface area contributed by atoms with Crippen LogP contribution in [0.25, 0.3) is 0 Å². The Hall–Kier alpha value is -1.35. The fraction of sp³-hybridized carbons (Fsp3) is 0.417. The van der Waals surface area contributed by atoms with Crippen LogP contribution in [0.15, 0.2) is 24.3 Å². The second-order valence-electron chi connectivity index (χ2n) is 4.55. The Morgan fingerprint density at radius 2 is 1.93 bits per heavy atom. The van der Waals surface area contributed by atoms with E-state index in [0.717, 1.165) is 11.1 Å². The van der Waals surface area contributed by atoms with Crippen LogP contribution in [0.5, 0.6) is 0 Å². The molecule has 0 aliphatic heterocycles. The minimum atomic E-state index is -0.633. The van der Waals surface area contributed by atoms with Crippen LogP contribution in [0.1, 0.15) is 31.9 Å². The fourth-order valence-corrected chi connectivity index (χ4v) is 1.59. The maximum atomic E-state index is 11.0. The normalized spacial score (nSPS) is 11.2. The molecule has 0 amide bonds. The molecular formula is C12H16O3. The van der Waals surface area contributed by atoms with E-state index < -0.39 is 5.97 Å². The Morgan fingerprint density at radius 3 is 2.47 bits per heavy atom. The van der Waals surface area contributed by atoms with E-state index in [0.29, 0.717) is 0 Å². The first-order valence-electron chi connectivity index (χ1n) is 4.88. The predicted molar refractivity (Wildman–Crippen MR) is 57.6 cm³/mol. The van der Waals surface area contributed by atoms with E-state index in [9.17, 15) is 4.79 Å². The van der Waals surface area contributed by atoms with Crippen molar-refractivity contribution in [2.75, 3.05) is 0 Å². The van der Waals surface area contributed by atoms with Crippen LogP contribution >= 0.6 is 0 Å². The number of benzene rings is 1. The Bertz CT molecular complexity index is 350. The summed E-state index contributed by atoms with van der Waals surface area (Å²) in [5, 5.41) is 8.24. The van der Waals surface area contributed by atoms with E-state index in [2.05, 4.69) is 25.7 Å². The molecule has 1 aromatic rings. The Kier molecular flexibility index (Phi) is 3.48. The summed E-state index contributed by atoms with van der Waals surface area (Å²) in [6.45, 7) is 6.24. The third-order valence-electron chi connectivity index (χ3n) is 2.26. The lowest BCUT2D eigenvalue weighted by Crippen LogP contribution is -2.16. The van der Waals surface area contributed by atoms with E-state index in [1.54, 1.807) is 0 Å². The van der Waals surface area contributed by atoms with Gasteiger partial charge in [-0.05, 0) is 16.5 Å². The van der Waals surface area contributed by atoms with E-state index in [1.807, 2.05) is 24.3 Å². The van der Waals surface area contributed by atoms with Gasteiger partial charge in [0.15, 0.2) is 0 Å². The minimum Gasteiger partial charge on any atom is -0.301 e. The van der Waals surface area contributed by atoms with Crippen LogP contribution in [-0.2, 0) is 21.5 Å². The molecule has 3 nitrogen and oxygen atoms in total. The van der Waals surface area contributed by atoms with Crippen LogP contribution < -0.4 is 0 Å². The number of hydrogen-bond acceptors (Lipinski definition) is 3. The van der Waals surface area contributed by atoms with Crippen LogP contribution in [-0.4, -0.2) is 11.2 Å². The van der Waals surface area contributed by atoms with Crippen LogP contribution in [0.3, 0.4) is 0 Å². The smallest absolute Gasteiger partial charge is 0.301 e. The summed E-state index contributed by atoms with van der Waals surface area (Å²) in [4.78, 5) is 14.7. The molecule has 0 heterocycles. The monoisotopic (exact) mass is 208 g/mol. The summed E-state index contributed by atoms with van der Waals surface area (Å²) in [6.07, 6.45) is 0.101. The van der Waals surface area contributed by atoms with Crippen molar-refractivity contribution in [2.24, 2.45) is 0 Å². The topological polar surface area (TPSA) is 46.5 Å². The summed E-state index contributed by atoms with van der Waals surface area (Å²) < 4.78 is 0. The molecule has 0 aliphatic rings. The maximum absolute atomic E-state index is 11.0. The lowest BCUT2D eigenvalue weighted by molar-refractivity contribution is -0.233. The third-order valence-corrected chi connectivity index (χ3v) is 2.26. The van der Waals surface area contributed by atoms with Gasteiger partial charge in [-0.25, -0.2) is 4.79 Å². The van der Waals surface area contributed by atoms with Crippen molar-refractivity contribution in [1.29, 1.82) is 0 Å². The number of hydrogen-bond donors (Lipinski definition) is 1. The van der Waals surface area contributed by atoms with E-state index >= 15 is 0 Å². The van der Waals surface area contributed by atoms with Crippen molar-refractivity contribution in [2.45, 2.75) is 32.6 Å². The second-order valence-corrected chi connectivity index (χ2v) is 4.55. The average Bonchev–Trinajstić information content (AvgIpc) is 2.17. The van der Waals surface area contributed by atoms with Gasteiger partial charge in [0.2, 0.25) is 0 Å². The molecule has 82 valence electrons. The second kappa shape index (κ2) is 4.45. The van der Waals surface area contributed by atoms with Gasteiger partial charge in [0, 0.05) is 0 Å².